The van der Waals surface area contributed by atoms with Gasteiger partial charge in [-0.2, -0.15) is 5.10 Å². The van der Waals surface area contributed by atoms with Gasteiger partial charge in [-0.05, 0) is 30.3 Å². The van der Waals surface area contributed by atoms with Crippen LogP contribution in [0.25, 0.3) is 11.3 Å². The molecule has 0 saturated carbocycles. The first-order valence-electron chi connectivity index (χ1n) is 5.59. The Bertz CT molecular complexity index is 548. The Balaban J connectivity index is 2.15. The Morgan fingerprint density at radius 3 is 2.72 bits per heavy atom. The van der Waals surface area contributed by atoms with E-state index in [9.17, 15) is 9.18 Å². The van der Waals surface area contributed by atoms with E-state index < -0.39 is 11.9 Å². The summed E-state index contributed by atoms with van der Waals surface area (Å²) < 4.78 is 12.8. The third kappa shape index (κ3) is 2.74. The summed E-state index contributed by atoms with van der Waals surface area (Å²) in [5.41, 5.74) is 2.23. The van der Waals surface area contributed by atoms with Crippen molar-refractivity contribution in [2.75, 3.05) is 0 Å². The molecule has 0 fully saturated rings. The highest BCUT2D eigenvalue weighted by Crippen LogP contribution is 2.19. The van der Waals surface area contributed by atoms with E-state index in [1.807, 2.05) is 0 Å². The van der Waals surface area contributed by atoms with Crippen LogP contribution in [0, 0.1) is 11.7 Å². The average Bonchev–Trinajstić information content (AvgIpc) is 2.78. The van der Waals surface area contributed by atoms with Gasteiger partial charge in [-0.15, -0.1) is 0 Å². The molecule has 0 saturated heterocycles. The second-order valence-electron chi connectivity index (χ2n) is 4.23. The number of hydrogen-bond acceptors (Lipinski definition) is 2. The van der Waals surface area contributed by atoms with Gasteiger partial charge in [0.2, 0.25) is 0 Å². The highest BCUT2D eigenvalue weighted by atomic mass is 19.1. The molecular weight excluding hydrogens is 235 g/mol. The molecule has 94 valence electrons. The minimum absolute atomic E-state index is 0.297. The van der Waals surface area contributed by atoms with Gasteiger partial charge in [-0.25, -0.2) is 4.39 Å². The number of carboxylic acids is 1. The topological polar surface area (TPSA) is 66.0 Å². The van der Waals surface area contributed by atoms with E-state index in [2.05, 4.69) is 10.2 Å². The van der Waals surface area contributed by atoms with Crippen molar-refractivity contribution < 1.29 is 14.3 Å². The van der Waals surface area contributed by atoms with Gasteiger partial charge in [-0.1, -0.05) is 6.92 Å². The normalized spacial score (nSPS) is 12.3. The van der Waals surface area contributed by atoms with Gasteiger partial charge in [-0.3, -0.25) is 9.89 Å². The fraction of sp³-hybridized carbons (Fsp3) is 0.231. The zero-order valence-electron chi connectivity index (χ0n) is 9.85. The van der Waals surface area contributed by atoms with Crippen LogP contribution in [0.3, 0.4) is 0 Å². The number of benzene rings is 1. The van der Waals surface area contributed by atoms with Gasteiger partial charge in [0.1, 0.15) is 5.82 Å². The molecular formula is C13H13FN2O2. The van der Waals surface area contributed by atoms with Gasteiger partial charge < -0.3 is 5.11 Å². The molecule has 1 unspecified atom stereocenters. The predicted octanol–water partition coefficient (Wildman–Crippen LogP) is 2.48. The molecule has 4 nitrogen and oxygen atoms in total. The summed E-state index contributed by atoms with van der Waals surface area (Å²) in [5, 5.41) is 15.7. The van der Waals surface area contributed by atoms with Crippen molar-refractivity contribution in [3.05, 3.63) is 41.8 Å². The Labute approximate surface area is 103 Å². The number of aromatic nitrogens is 2. The molecule has 0 aliphatic rings. The number of aliphatic carboxylic acids is 1. The van der Waals surface area contributed by atoms with Crippen LogP contribution in [0.15, 0.2) is 30.3 Å². The summed E-state index contributed by atoms with van der Waals surface area (Å²) in [6, 6.07) is 7.78. The van der Waals surface area contributed by atoms with Gasteiger partial charge in [0, 0.05) is 17.7 Å². The molecule has 1 heterocycles. The third-order valence-corrected chi connectivity index (χ3v) is 2.72. The van der Waals surface area contributed by atoms with Crippen molar-refractivity contribution in [3.63, 3.8) is 0 Å². The van der Waals surface area contributed by atoms with Crippen LogP contribution in [0.2, 0.25) is 0 Å². The standard InChI is InChI=1S/C13H13FN2O2/c1-8(13(17)18)6-11-7-12(16-15-11)9-2-4-10(14)5-3-9/h2-5,7-8H,6H2,1H3,(H,15,16)(H,17,18). The Hall–Kier alpha value is -2.17. The van der Waals surface area contributed by atoms with Crippen LogP contribution in [0.1, 0.15) is 12.6 Å². The average molecular weight is 248 g/mol. The molecule has 1 aromatic heterocycles. The maximum Gasteiger partial charge on any atom is 0.306 e. The van der Waals surface area contributed by atoms with Crippen LogP contribution in [-0.2, 0) is 11.2 Å². The lowest BCUT2D eigenvalue weighted by molar-refractivity contribution is -0.141. The summed E-state index contributed by atoms with van der Waals surface area (Å²) >= 11 is 0. The number of carbonyl (C=O) groups is 1. The molecule has 1 atom stereocenters. The number of aromatic amines is 1. The summed E-state index contributed by atoms with van der Waals surface area (Å²) in [4.78, 5) is 10.7. The highest BCUT2D eigenvalue weighted by Gasteiger charge is 2.13. The number of nitrogens with zero attached hydrogens (tertiary/aromatic N) is 1. The van der Waals surface area contributed by atoms with Crippen molar-refractivity contribution >= 4 is 5.97 Å². The van der Waals surface area contributed by atoms with Gasteiger partial charge >= 0.3 is 5.97 Å². The molecule has 0 aliphatic carbocycles. The maximum absolute atomic E-state index is 12.8. The number of H-pyrrole nitrogens is 1. The molecule has 2 rings (SSSR count). The summed E-state index contributed by atoms with van der Waals surface area (Å²) in [5.74, 6) is -1.60. The van der Waals surface area contributed by atoms with E-state index >= 15 is 0 Å². The van der Waals surface area contributed by atoms with Crippen molar-refractivity contribution in [1.82, 2.24) is 10.2 Å². The number of hydrogen-bond donors (Lipinski definition) is 2. The second-order valence-corrected chi connectivity index (χ2v) is 4.23. The monoisotopic (exact) mass is 248 g/mol. The van der Waals surface area contributed by atoms with Crippen molar-refractivity contribution in [3.8, 4) is 11.3 Å². The molecule has 2 aromatic rings. The number of halogens is 1. The van der Waals surface area contributed by atoms with Crippen molar-refractivity contribution in [1.29, 1.82) is 0 Å². The zero-order chi connectivity index (χ0) is 13.1. The summed E-state index contributed by atoms with van der Waals surface area (Å²) in [6.07, 6.45) is 0.392. The fourth-order valence-electron chi connectivity index (χ4n) is 1.65. The van der Waals surface area contributed by atoms with E-state index in [0.29, 0.717) is 12.1 Å². The lowest BCUT2D eigenvalue weighted by Gasteiger charge is -2.01. The minimum Gasteiger partial charge on any atom is -0.481 e. The summed E-state index contributed by atoms with van der Waals surface area (Å²) in [6.45, 7) is 1.64. The van der Waals surface area contributed by atoms with Gasteiger partial charge in [0.25, 0.3) is 0 Å². The molecule has 1 aromatic carbocycles. The predicted molar refractivity (Wildman–Crippen MR) is 64.5 cm³/mol. The van der Waals surface area contributed by atoms with Crippen LogP contribution < -0.4 is 0 Å². The number of carboxylic acid groups (broad SMARTS) is 1. The molecule has 5 heteroatoms. The zero-order valence-corrected chi connectivity index (χ0v) is 9.85. The quantitative estimate of drug-likeness (QED) is 0.873. The Morgan fingerprint density at radius 1 is 1.44 bits per heavy atom. The van der Waals surface area contributed by atoms with Crippen LogP contribution in [-0.4, -0.2) is 21.3 Å². The maximum atomic E-state index is 12.8. The third-order valence-electron chi connectivity index (χ3n) is 2.72. The Morgan fingerprint density at radius 2 is 2.11 bits per heavy atom. The molecule has 0 radical (unpaired) electrons. The minimum atomic E-state index is -0.840. The highest BCUT2D eigenvalue weighted by molar-refractivity contribution is 5.70. The van der Waals surface area contributed by atoms with E-state index in [0.717, 1.165) is 11.3 Å². The van der Waals surface area contributed by atoms with E-state index in [-0.39, 0.29) is 5.82 Å². The SMILES string of the molecule is CC(Cc1cc(-c2ccc(F)cc2)n[nH]1)C(=O)O. The first-order valence-corrected chi connectivity index (χ1v) is 5.59. The molecule has 0 aliphatic heterocycles. The molecule has 0 amide bonds. The fourth-order valence-corrected chi connectivity index (χ4v) is 1.65. The first-order chi connectivity index (χ1) is 8.56. The lowest BCUT2D eigenvalue weighted by Crippen LogP contribution is -2.12. The Kier molecular flexibility index (Phi) is 3.41. The number of nitrogens with one attached hydrogen (secondary N) is 1. The van der Waals surface area contributed by atoms with Crippen molar-refractivity contribution in [2.24, 2.45) is 5.92 Å². The van der Waals surface area contributed by atoms with Crippen LogP contribution in [0.4, 0.5) is 4.39 Å². The van der Waals surface area contributed by atoms with E-state index in [4.69, 9.17) is 5.11 Å². The molecule has 18 heavy (non-hydrogen) atoms. The van der Waals surface area contributed by atoms with Crippen LogP contribution >= 0.6 is 0 Å². The van der Waals surface area contributed by atoms with Gasteiger partial charge in [0.05, 0.1) is 11.6 Å². The second kappa shape index (κ2) is 5.00. The molecule has 2 N–H and O–H groups in total. The van der Waals surface area contributed by atoms with Crippen molar-refractivity contribution in [2.45, 2.75) is 13.3 Å². The first kappa shape index (κ1) is 12.3. The van der Waals surface area contributed by atoms with E-state index in [1.54, 1.807) is 25.1 Å². The van der Waals surface area contributed by atoms with Crippen LogP contribution in [0.5, 0.6) is 0 Å². The largest absolute Gasteiger partial charge is 0.481 e. The lowest BCUT2D eigenvalue weighted by atomic mass is 10.1. The summed E-state index contributed by atoms with van der Waals surface area (Å²) in [7, 11) is 0. The smallest absolute Gasteiger partial charge is 0.306 e. The van der Waals surface area contributed by atoms with Gasteiger partial charge in [0.15, 0.2) is 0 Å². The molecule has 0 bridgehead atoms. The molecule has 0 spiro atoms. The number of rotatable bonds is 4. The van der Waals surface area contributed by atoms with E-state index in [1.165, 1.54) is 12.1 Å².